The monoisotopic (exact) mass is 2040 g/mol. The molecule has 0 saturated carbocycles. The van der Waals surface area contributed by atoms with E-state index in [-0.39, 0.29) is 260 Å². The Hall–Kier alpha value is -8.54. The fourth-order valence-corrected chi connectivity index (χ4v) is 13.6. The molecule has 6 amide bonds. The molecule has 3 saturated heterocycles. The number of nitrogens with zero attached hydrogens (tertiary/aromatic N) is 9. The van der Waals surface area contributed by atoms with Crippen molar-refractivity contribution >= 4 is 41.4 Å². The molecule has 3 fully saturated rings. The van der Waals surface area contributed by atoms with E-state index in [1.165, 1.54) is 0 Å². The third-order valence-electron chi connectivity index (χ3n) is 21.6. The van der Waals surface area contributed by atoms with Crippen LogP contribution in [0, 0.1) is 29.1 Å². The van der Waals surface area contributed by atoms with E-state index in [4.69, 9.17) is 75.8 Å². The first-order chi connectivity index (χ1) is 68.1. The highest BCUT2D eigenvalue weighted by Gasteiger charge is 2.47. The molecule has 51 nitrogen and oxygen atoms in total. The maximum absolute atomic E-state index is 14.4. The van der Waals surface area contributed by atoms with Gasteiger partial charge in [0.1, 0.15) is 85.3 Å². The third kappa shape index (κ3) is 44.9. The molecule has 4 aromatic rings. The second-order valence-corrected chi connectivity index (χ2v) is 32.3. The van der Waals surface area contributed by atoms with Crippen molar-refractivity contribution in [1.82, 2.24) is 76.9 Å². The largest absolute Gasteiger partial charge is 0.420 e. The van der Waals surface area contributed by atoms with Crippen LogP contribution in [0.4, 0.5) is 22.0 Å². The maximum atomic E-state index is 14.4. The van der Waals surface area contributed by atoms with Crippen LogP contribution in [0.15, 0.2) is 18.6 Å². The second kappa shape index (κ2) is 68.7. The van der Waals surface area contributed by atoms with Crippen LogP contribution in [-0.2, 0) is 148 Å². The molecule has 1 aromatic carbocycles. The highest BCUT2D eigenvalue weighted by atomic mass is 19.2. The first-order valence-corrected chi connectivity index (χ1v) is 46.7. The van der Waals surface area contributed by atoms with Gasteiger partial charge in [-0.1, -0.05) is 28.5 Å². The van der Waals surface area contributed by atoms with Crippen molar-refractivity contribution in [2.75, 3.05) is 198 Å². The Kier molecular flexibility index (Phi) is 58.2. The van der Waals surface area contributed by atoms with Crippen LogP contribution in [0.5, 0.6) is 5.75 Å². The van der Waals surface area contributed by atoms with Gasteiger partial charge in [-0.25, -0.2) is 27.2 Å². The van der Waals surface area contributed by atoms with Gasteiger partial charge in [0.2, 0.25) is 70.3 Å². The number of hydrogen-bond acceptors (Lipinski definition) is 42. The number of aliphatic hydroxyl groups excluding tert-OH is 12. The smallest absolute Gasteiger partial charge is 0.313 e. The van der Waals surface area contributed by atoms with Crippen molar-refractivity contribution in [3.63, 3.8) is 0 Å². The summed E-state index contributed by atoms with van der Waals surface area (Å²) in [7, 11) is 0. The molecule has 0 unspecified atom stereocenters. The number of amides is 6. The first kappa shape index (κ1) is 119. The van der Waals surface area contributed by atoms with Gasteiger partial charge in [0.25, 0.3) is 0 Å². The molecule has 3 aromatic heterocycles. The lowest BCUT2D eigenvalue weighted by atomic mass is 9.99. The molecule has 0 radical (unpaired) electrons. The van der Waals surface area contributed by atoms with E-state index < -0.39 is 189 Å². The van der Waals surface area contributed by atoms with Crippen LogP contribution in [0.25, 0.3) is 0 Å². The van der Waals surface area contributed by atoms with E-state index in [1.54, 1.807) is 32.6 Å². The lowest BCUT2D eigenvalue weighted by Crippen LogP contribution is -2.59. The number of rotatable bonds is 77. The quantitative estimate of drug-likeness (QED) is 0.00488. The van der Waals surface area contributed by atoms with Gasteiger partial charge in [-0.2, -0.15) is 8.78 Å². The molecule has 802 valence electrons. The summed E-state index contributed by atoms with van der Waals surface area (Å²) in [6.45, 7) is 1.96. The lowest BCUT2D eigenvalue weighted by Gasteiger charge is -2.39. The highest BCUT2D eigenvalue weighted by Crippen LogP contribution is 2.31. The van der Waals surface area contributed by atoms with E-state index in [0.717, 1.165) is 0 Å². The molecule has 0 spiro atoms. The summed E-state index contributed by atoms with van der Waals surface area (Å²) in [5, 5.41) is 160. The third-order valence-corrected chi connectivity index (χ3v) is 21.6. The number of carbonyl (C=O) groups excluding carboxylic acids is 7. The van der Waals surface area contributed by atoms with Gasteiger partial charge in [-0.05, 0) is 38.5 Å². The van der Waals surface area contributed by atoms with Gasteiger partial charge in [-0.15, -0.1) is 15.3 Å². The van der Waals surface area contributed by atoms with Crippen LogP contribution in [0.1, 0.15) is 101 Å². The summed E-state index contributed by atoms with van der Waals surface area (Å²) < 4.78 is 165. The van der Waals surface area contributed by atoms with Crippen molar-refractivity contribution < 1.29 is 197 Å². The summed E-state index contributed by atoms with van der Waals surface area (Å²) in [6, 6.07) is -2.33. The second-order valence-electron chi connectivity index (χ2n) is 32.3. The normalized spacial score (nSPS) is 21.8. The minimum atomic E-state index is -2.41. The van der Waals surface area contributed by atoms with Crippen LogP contribution in [0.3, 0.4) is 0 Å². The fourth-order valence-electron chi connectivity index (χ4n) is 13.6. The van der Waals surface area contributed by atoms with Gasteiger partial charge in [-0.3, -0.25) is 33.6 Å². The molecule has 3 aliphatic heterocycles. The number of esters is 1. The number of nitrogens with one attached hydrogen (secondary N) is 6. The fraction of sp³-hybridized carbons (Fsp3) is 0.776. The van der Waals surface area contributed by atoms with Crippen molar-refractivity contribution in [1.29, 1.82) is 0 Å². The number of halogens is 5. The molecular formula is C85H136F5N15O36. The zero-order valence-corrected chi connectivity index (χ0v) is 78.3. The Labute approximate surface area is 807 Å². The van der Waals surface area contributed by atoms with Crippen molar-refractivity contribution in [2.24, 2.45) is 0 Å². The maximum Gasteiger partial charge on any atom is 0.313 e. The summed E-state index contributed by atoms with van der Waals surface area (Å²) in [5.74, 6) is -17.4. The topological polar surface area (TPSA) is 683 Å². The molecule has 141 heavy (non-hydrogen) atoms. The van der Waals surface area contributed by atoms with Gasteiger partial charge >= 0.3 is 5.97 Å². The van der Waals surface area contributed by atoms with E-state index in [2.05, 4.69) is 67.6 Å². The zero-order chi connectivity index (χ0) is 102. The van der Waals surface area contributed by atoms with Crippen molar-refractivity contribution in [3.8, 4) is 5.75 Å². The average Bonchev–Trinajstić information content (AvgIpc) is 0.914. The Balaban J connectivity index is 0.821. The SMILES string of the molecule is O=C(CCOCCOCCn1cc(CCO[C@@H]2O[C@H](CO)[C@H](O)[C@H](O)[C@H]2O)nn1)NCCCCC[C@H](NC(=O)CCCNC(=O)CCOCCOCCn1cc(CCO[C@@H]2O[C@H](CO)[C@H](O)[C@H](O)[C@H]2O)nn1)C(=O)N[C@@H](CCCCNC(=O)CCOCCOCCn1cc(CCO[C@@H]2O[C@H](CO)[C@H](O)[C@H](O)[C@H]2O)nn1)C(=O)NCCOCCOCCOCCOCCC(=O)Oc1c(F)c(F)c(F)c(F)c1F. The Morgan fingerprint density at radius 2 is 0.645 bits per heavy atom. The van der Waals surface area contributed by atoms with Crippen LogP contribution < -0.4 is 36.6 Å². The Morgan fingerprint density at radius 3 is 1.02 bits per heavy atom. The number of carbonyl (C=O) groups is 7. The summed E-state index contributed by atoms with van der Waals surface area (Å²) in [5.41, 5.74) is 1.65. The number of hydrogen-bond donors (Lipinski definition) is 18. The summed E-state index contributed by atoms with van der Waals surface area (Å²) >= 11 is 0. The van der Waals surface area contributed by atoms with E-state index in [1.807, 2.05) is 0 Å². The molecule has 18 N–H and O–H groups in total. The van der Waals surface area contributed by atoms with Crippen LogP contribution >= 0.6 is 0 Å². The summed E-state index contributed by atoms with van der Waals surface area (Å²) in [4.78, 5) is 92.7. The standard InChI is InChI=1S/C85H136F5N15O36/c86-66-67(87)69(89)80(70(90)68(66)88)141-65(113)16-27-128-38-43-133-45-46-134-44-39-129-31-20-94-81(123)56(8-3-5-18-92-62(110)14-25-126-36-41-131-33-22-104-48-54(98-101-104)11-29-136-84-78(121)75(118)72(115)59(51-107)139-84)96-82(124)57(7-2-1-4-17-91-61(109)13-24-125-35-40-130-32-21-103-47-53(97-100-103)10-28-135-83-77(120)74(117)71(114)58(50-106)138-83)95-64(112)9-6-19-93-63(111)15-26-127-37-42-132-34-23-105-49-55(99-102-105)12-30-137-85-79(122)76(119)73(116)60(52-108)140-85/h47-49,56-60,71-79,83-85,106-108,114-122H,1-46,50-52H2,(H,91,109)(H,92,110)(H,93,111)(H,94,123)(H,95,112)(H,96,124)/t56-,57-,58+,59+,60+,71-,72-,73-,74-,75-,76-,77+,78+,79+,83+,84+,85+/m0/s1. The highest BCUT2D eigenvalue weighted by molar-refractivity contribution is 5.92. The molecule has 0 bridgehead atoms. The summed E-state index contributed by atoms with van der Waals surface area (Å²) in [6.07, 6.45) is -13.6. The number of ether oxygens (including phenoxy) is 17. The van der Waals surface area contributed by atoms with E-state index in [9.17, 15) is 117 Å². The van der Waals surface area contributed by atoms with Crippen LogP contribution in [-0.4, -0.2) is 450 Å². The average molecular weight is 2040 g/mol. The van der Waals surface area contributed by atoms with Crippen LogP contribution in [0.2, 0.25) is 0 Å². The van der Waals surface area contributed by atoms with Gasteiger partial charge in [0.15, 0.2) is 18.9 Å². The Bertz CT molecular complexity index is 4180. The molecule has 0 aliphatic carbocycles. The number of aromatic nitrogens is 9. The minimum absolute atomic E-state index is 0.00265. The van der Waals surface area contributed by atoms with Gasteiger partial charge < -0.3 is 174 Å². The molecule has 17 atom stereocenters. The minimum Gasteiger partial charge on any atom is -0.420 e. The predicted molar refractivity (Wildman–Crippen MR) is 466 cm³/mol. The molecule has 6 heterocycles. The van der Waals surface area contributed by atoms with Crippen molar-refractivity contribution in [2.45, 2.75) is 227 Å². The molecular weight excluding hydrogens is 1900 g/mol. The lowest BCUT2D eigenvalue weighted by molar-refractivity contribution is -0.300. The number of benzene rings is 1. The Morgan fingerprint density at radius 1 is 0.326 bits per heavy atom. The van der Waals surface area contributed by atoms with Crippen molar-refractivity contribution in [3.05, 3.63) is 64.8 Å². The first-order valence-electron chi connectivity index (χ1n) is 46.7. The predicted octanol–water partition coefficient (Wildman–Crippen LogP) is -7.09. The zero-order valence-electron chi connectivity index (χ0n) is 78.3. The molecule has 3 aliphatic rings. The number of aliphatic hydroxyl groups is 12. The molecule has 56 heteroatoms. The van der Waals surface area contributed by atoms with Gasteiger partial charge in [0, 0.05) is 89.7 Å². The van der Waals surface area contributed by atoms with E-state index in [0.29, 0.717) is 68.8 Å². The number of unbranched alkanes of at least 4 members (excludes halogenated alkanes) is 3. The molecule has 7 rings (SSSR count). The van der Waals surface area contributed by atoms with E-state index >= 15 is 0 Å². The van der Waals surface area contributed by atoms with Gasteiger partial charge in [0.05, 0.1) is 215 Å².